The van der Waals surface area contributed by atoms with Crippen molar-refractivity contribution in [3.63, 3.8) is 0 Å². The molecule has 2 nitrogen and oxygen atoms in total. The number of hydrogen-bond donors (Lipinski definition) is 2. The van der Waals surface area contributed by atoms with Crippen molar-refractivity contribution in [2.75, 3.05) is 0 Å². The Balaban J connectivity index is 5.06. The Morgan fingerprint density at radius 1 is 1.27 bits per heavy atom. The molecule has 0 aliphatic heterocycles. The Morgan fingerprint density at radius 3 is 2.20 bits per heavy atom. The van der Waals surface area contributed by atoms with Crippen LogP contribution in [-0.4, -0.2) is 0 Å². The maximum atomic E-state index is 5.74. The maximum absolute atomic E-state index is 5.74. The summed E-state index contributed by atoms with van der Waals surface area (Å²) in [6, 6.07) is 0. The molecule has 0 spiro atoms. The Hall–Kier alpha value is -1.22. The van der Waals surface area contributed by atoms with Crippen LogP contribution in [0.25, 0.3) is 0 Å². The molecule has 0 saturated heterocycles. The normalized spacial score (nSPS) is 14.3. The van der Waals surface area contributed by atoms with Crippen LogP contribution in [0.3, 0.4) is 0 Å². The second kappa shape index (κ2) is 7.12. The van der Waals surface area contributed by atoms with Gasteiger partial charge in [0.1, 0.15) is 0 Å². The summed E-state index contributed by atoms with van der Waals surface area (Å²) >= 11 is 3.41. The zero-order valence-electron chi connectivity index (χ0n) is 9.18. The second-order valence-electron chi connectivity index (χ2n) is 2.85. The number of halogens is 1. The van der Waals surface area contributed by atoms with Gasteiger partial charge in [0.15, 0.2) is 0 Å². The topological polar surface area (TPSA) is 38.0 Å². The van der Waals surface area contributed by atoms with Crippen LogP contribution in [0.2, 0.25) is 0 Å². The quantitative estimate of drug-likeness (QED) is 0.751. The molecule has 0 atom stereocenters. The Labute approximate surface area is 100 Å². The maximum Gasteiger partial charge on any atom is 0.0611 e. The summed E-state index contributed by atoms with van der Waals surface area (Å²) in [5, 5.41) is 3.17. The van der Waals surface area contributed by atoms with Gasteiger partial charge in [-0.1, -0.05) is 35.2 Å². The molecule has 0 radical (unpaired) electrons. The minimum atomic E-state index is 0.570. The number of nitrogens with two attached hydrogens (primary N) is 1. The van der Waals surface area contributed by atoms with E-state index in [0.717, 1.165) is 15.9 Å². The molecule has 0 saturated carbocycles. The summed E-state index contributed by atoms with van der Waals surface area (Å²) in [6.45, 7) is 11.2. The van der Waals surface area contributed by atoms with Crippen molar-refractivity contribution in [2.45, 2.75) is 13.8 Å². The van der Waals surface area contributed by atoms with Gasteiger partial charge >= 0.3 is 0 Å². The molecule has 82 valence electrons. The average molecular weight is 269 g/mol. The molecule has 0 fully saturated rings. The monoisotopic (exact) mass is 268 g/mol. The molecule has 0 amide bonds. The molecule has 0 aliphatic rings. The molecular weight excluding hydrogens is 252 g/mol. The Bertz CT molecular complexity index is 332. The SMILES string of the molecule is C=C/C(N)=C(\C=C)NC(/C=C\C)=C(/C)Br. The van der Waals surface area contributed by atoms with Crippen molar-refractivity contribution in [2.24, 2.45) is 5.73 Å². The van der Waals surface area contributed by atoms with E-state index >= 15 is 0 Å². The van der Waals surface area contributed by atoms with E-state index in [1.807, 2.05) is 26.0 Å². The van der Waals surface area contributed by atoms with Gasteiger partial charge < -0.3 is 11.1 Å². The molecular formula is C12H17BrN2. The lowest BCUT2D eigenvalue weighted by atomic mass is 10.2. The fourth-order valence-corrected chi connectivity index (χ4v) is 1.14. The molecule has 0 aromatic carbocycles. The van der Waals surface area contributed by atoms with E-state index in [4.69, 9.17) is 5.73 Å². The highest BCUT2D eigenvalue weighted by molar-refractivity contribution is 9.11. The summed E-state index contributed by atoms with van der Waals surface area (Å²) in [6.07, 6.45) is 7.14. The number of rotatable bonds is 5. The molecule has 15 heavy (non-hydrogen) atoms. The molecule has 0 aliphatic carbocycles. The third-order valence-electron chi connectivity index (χ3n) is 1.71. The summed E-state index contributed by atoms with van der Waals surface area (Å²) in [7, 11) is 0. The minimum Gasteiger partial charge on any atom is -0.397 e. The summed E-state index contributed by atoms with van der Waals surface area (Å²) in [5.74, 6) is 0. The van der Waals surface area contributed by atoms with Gasteiger partial charge in [0.25, 0.3) is 0 Å². The first kappa shape index (κ1) is 13.8. The predicted octanol–water partition coefficient (Wildman–Crippen LogP) is 3.32. The van der Waals surface area contributed by atoms with Gasteiger partial charge in [0.2, 0.25) is 0 Å². The summed E-state index contributed by atoms with van der Waals surface area (Å²) in [4.78, 5) is 0. The van der Waals surface area contributed by atoms with Crippen LogP contribution in [0.15, 0.2) is 59.0 Å². The van der Waals surface area contributed by atoms with Crippen LogP contribution in [0, 0.1) is 0 Å². The van der Waals surface area contributed by atoms with E-state index in [1.165, 1.54) is 0 Å². The molecule has 0 bridgehead atoms. The van der Waals surface area contributed by atoms with Crippen molar-refractivity contribution in [1.82, 2.24) is 5.32 Å². The van der Waals surface area contributed by atoms with Crippen LogP contribution < -0.4 is 11.1 Å². The van der Waals surface area contributed by atoms with E-state index in [9.17, 15) is 0 Å². The van der Waals surface area contributed by atoms with E-state index in [2.05, 4.69) is 34.4 Å². The third kappa shape index (κ3) is 4.70. The lowest BCUT2D eigenvalue weighted by Crippen LogP contribution is -2.15. The highest BCUT2D eigenvalue weighted by atomic mass is 79.9. The largest absolute Gasteiger partial charge is 0.397 e. The standard InChI is InChI=1S/C12H17BrN2/c1-5-8-12(9(4)13)15-11(7-3)10(14)6-2/h5-8,15H,2-3,14H2,1,4H3/b8-5-,11-10-,12-9-. The first-order valence-electron chi connectivity index (χ1n) is 4.57. The average Bonchev–Trinajstić information content (AvgIpc) is 2.22. The minimum absolute atomic E-state index is 0.570. The lowest BCUT2D eigenvalue weighted by molar-refractivity contribution is 1.01. The predicted molar refractivity (Wildman–Crippen MR) is 71.2 cm³/mol. The highest BCUT2D eigenvalue weighted by Crippen LogP contribution is 2.12. The van der Waals surface area contributed by atoms with Crippen LogP contribution in [-0.2, 0) is 0 Å². The highest BCUT2D eigenvalue weighted by Gasteiger charge is 2.00. The molecule has 3 N–H and O–H groups in total. The van der Waals surface area contributed by atoms with Gasteiger partial charge in [0, 0.05) is 10.2 Å². The van der Waals surface area contributed by atoms with Gasteiger partial charge in [-0.2, -0.15) is 0 Å². The number of allylic oxidation sites excluding steroid dienone is 5. The lowest BCUT2D eigenvalue weighted by Gasteiger charge is -2.11. The van der Waals surface area contributed by atoms with E-state index in [-0.39, 0.29) is 0 Å². The van der Waals surface area contributed by atoms with Crippen molar-refractivity contribution in [1.29, 1.82) is 0 Å². The number of hydrogen-bond acceptors (Lipinski definition) is 2. The van der Waals surface area contributed by atoms with E-state index in [1.54, 1.807) is 12.2 Å². The van der Waals surface area contributed by atoms with Crippen LogP contribution in [0.1, 0.15) is 13.8 Å². The van der Waals surface area contributed by atoms with E-state index in [0.29, 0.717) is 5.70 Å². The van der Waals surface area contributed by atoms with Gasteiger partial charge in [0.05, 0.1) is 11.4 Å². The smallest absolute Gasteiger partial charge is 0.0611 e. The Kier molecular flexibility index (Phi) is 6.54. The van der Waals surface area contributed by atoms with Crippen molar-refractivity contribution < 1.29 is 0 Å². The zero-order valence-corrected chi connectivity index (χ0v) is 10.8. The molecule has 0 rings (SSSR count). The fraction of sp³-hybridized carbons (Fsp3) is 0.167. The van der Waals surface area contributed by atoms with Crippen molar-refractivity contribution >= 4 is 15.9 Å². The number of nitrogens with one attached hydrogen (secondary N) is 1. The first-order valence-corrected chi connectivity index (χ1v) is 5.36. The molecule has 0 aromatic rings. The summed E-state index contributed by atoms with van der Waals surface area (Å²) in [5.41, 5.74) is 8.00. The third-order valence-corrected chi connectivity index (χ3v) is 2.14. The van der Waals surface area contributed by atoms with Gasteiger partial charge in [-0.15, -0.1) is 0 Å². The van der Waals surface area contributed by atoms with Gasteiger partial charge in [-0.05, 0) is 32.1 Å². The van der Waals surface area contributed by atoms with Gasteiger partial charge in [-0.3, -0.25) is 0 Å². The molecule has 3 heteroatoms. The van der Waals surface area contributed by atoms with E-state index < -0.39 is 0 Å². The van der Waals surface area contributed by atoms with Crippen LogP contribution in [0.5, 0.6) is 0 Å². The van der Waals surface area contributed by atoms with Crippen LogP contribution in [0.4, 0.5) is 0 Å². The Morgan fingerprint density at radius 2 is 1.87 bits per heavy atom. The van der Waals surface area contributed by atoms with Crippen molar-refractivity contribution in [3.8, 4) is 0 Å². The zero-order chi connectivity index (χ0) is 11.8. The second-order valence-corrected chi connectivity index (χ2v) is 4.04. The molecule has 0 aromatic heterocycles. The van der Waals surface area contributed by atoms with Gasteiger partial charge in [-0.25, -0.2) is 0 Å². The molecule has 0 heterocycles. The fourth-order valence-electron chi connectivity index (χ4n) is 0.905. The van der Waals surface area contributed by atoms with Crippen LogP contribution >= 0.6 is 15.9 Å². The molecule has 0 unspecified atom stereocenters. The summed E-state index contributed by atoms with van der Waals surface area (Å²) < 4.78 is 0.997. The van der Waals surface area contributed by atoms with Crippen molar-refractivity contribution in [3.05, 3.63) is 59.0 Å². The first-order chi connectivity index (χ1) is 7.06.